The molecule has 0 saturated carbocycles. The van der Waals surface area contributed by atoms with Gasteiger partial charge in [-0.1, -0.05) is 43.4 Å². The fraction of sp³-hybridized carbons (Fsp3) is 0.235. The van der Waals surface area contributed by atoms with E-state index in [1.807, 2.05) is 19.1 Å². The van der Waals surface area contributed by atoms with Gasteiger partial charge < -0.3 is 10.2 Å². The number of hydrogen-bond donors (Lipinski definition) is 1. The molecule has 3 rings (SSSR count). The van der Waals surface area contributed by atoms with Gasteiger partial charge in [-0.2, -0.15) is 0 Å². The number of aromatic hydroxyl groups is 1. The number of phenols is 1. The Morgan fingerprint density at radius 3 is 2.75 bits per heavy atom. The Morgan fingerprint density at radius 1 is 1.20 bits per heavy atom. The predicted octanol–water partition coefficient (Wildman–Crippen LogP) is 3.00. The Kier molecular flexibility index (Phi) is 2.97. The fourth-order valence-electron chi connectivity index (χ4n) is 2.78. The summed E-state index contributed by atoms with van der Waals surface area (Å²) in [7, 11) is 0. The Labute approximate surface area is 117 Å². The minimum Gasteiger partial charge on any atom is -0.872 e. The quantitative estimate of drug-likeness (QED) is 0.929. The number of unbranched alkanes of at least 4 members (excludes halogenated alkanes) is 1. The number of benzene rings is 2. The van der Waals surface area contributed by atoms with E-state index in [0.29, 0.717) is 22.9 Å². The van der Waals surface area contributed by atoms with Crippen molar-refractivity contribution in [3.63, 3.8) is 0 Å². The van der Waals surface area contributed by atoms with Gasteiger partial charge in [-0.15, -0.1) is 0 Å². The van der Waals surface area contributed by atoms with Crippen LogP contribution in [0.15, 0.2) is 35.9 Å². The first-order valence-corrected chi connectivity index (χ1v) is 6.85. The zero-order chi connectivity index (χ0) is 14.3. The topological polar surface area (TPSA) is 60.4 Å². The van der Waals surface area contributed by atoms with Crippen molar-refractivity contribution in [3.8, 4) is 5.75 Å². The fourth-order valence-corrected chi connectivity index (χ4v) is 2.78. The van der Waals surface area contributed by atoms with Crippen LogP contribution in [0.25, 0.3) is 16.5 Å². The van der Waals surface area contributed by atoms with Crippen LogP contribution in [0, 0.1) is 0 Å². The van der Waals surface area contributed by atoms with Gasteiger partial charge >= 0.3 is 0 Å². The number of carbonyl (C=O) groups is 1. The van der Waals surface area contributed by atoms with Crippen LogP contribution in [0.3, 0.4) is 0 Å². The van der Waals surface area contributed by atoms with Crippen molar-refractivity contribution >= 4 is 22.3 Å². The maximum Gasteiger partial charge on any atom is 0.192 e. The van der Waals surface area contributed by atoms with Gasteiger partial charge in [-0.25, -0.2) is 0 Å². The van der Waals surface area contributed by atoms with Gasteiger partial charge in [-0.05, 0) is 35.4 Å². The van der Waals surface area contributed by atoms with Gasteiger partial charge in [0.2, 0.25) is 0 Å². The lowest BCUT2D eigenvalue weighted by molar-refractivity contribution is -0.244. The van der Waals surface area contributed by atoms with Crippen LogP contribution in [-0.2, 0) is 0 Å². The molecule has 0 saturated heterocycles. The molecule has 0 bridgehead atoms. The maximum atomic E-state index is 12.5. The van der Waals surface area contributed by atoms with E-state index in [4.69, 9.17) is 0 Å². The third-order valence-corrected chi connectivity index (χ3v) is 3.82. The molecule has 20 heavy (non-hydrogen) atoms. The van der Waals surface area contributed by atoms with Gasteiger partial charge in [0.05, 0.1) is 5.56 Å². The third kappa shape index (κ3) is 1.70. The lowest BCUT2D eigenvalue weighted by Gasteiger charge is -2.27. The first-order valence-electron chi connectivity index (χ1n) is 6.85. The summed E-state index contributed by atoms with van der Waals surface area (Å²) in [6, 6.07) is 8.64. The van der Waals surface area contributed by atoms with E-state index in [-0.39, 0.29) is 22.9 Å². The van der Waals surface area contributed by atoms with Crippen molar-refractivity contribution in [2.24, 2.45) is 0 Å². The smallest absolute Gasteiger partial charge is 0.192 e. The van der Waals surface area contributed by atoms with Crippen molar-refractivity contribution in [1.82, 2.24) is 0 Å². The van der Waals surface area contributed by atoms with Crippen molar-refractivity contribution in [2.45, 2.75) is 26.2 Å². The standard InChI is InChI=1S/C17H16O3/c1-2-3-6-12-16(19)11-7-4-5-10-8-9-13(18)15(14(10)11)17(12)20/h4-5,7-9,18-19H,2-3,6H2,1H3/p-1. The minimum absolute atomic E-state index is 0.0450. The zero-order valence-corrected chi connectivity index (χ0v) is 11.3. The first-order chi connectivity index (χ1) is 9.65. The average Bonchev–Trinajstić information content (AvgIpc) is 2.45. The second-order valence-corrected chi connectivity index (χ2v) is 5.10. The van der Waals surface area contributed by atoms with Crippen molar-refractivity contribution in [2.75, 3.05) is 0 Å². The summed E-state index contributed by atoms with van der Waals surface area (Å²) in [6.45, 7) is 2.02. The summed E-state index contributed by atoms with van der Waals surface area (Å²) >= 11 is 0. The molecule has 3 heteroatoms. The van der Waals surface area contributed by atoms with E-state index in [9.17, 15) is 15.0 Å². The van der Waals surface area contributed by atoms with Crippen LogP contribution < -0.4 is 5.11 Å². The summed E-state index contributed by atoms with van der Waals surface area (Å²) in [5.41, 5.74) is 1.11. The number of Topliss-reactive ketones (excluding diaryl/α,β-unsaturated/α-hetero) is 1. The van der Waals surface area contributed by atoms with E-state index in [1.165, 1.54) is 6.07 Å². The highest BCUT2D eigenvalue weighted by Gasteiger charge is 2.25. The molecule has 0 heterocycles. The first kappa shape index (κ1) is 12.7. The molecule has 0 spiro atoms. The molecule has 2 aromatic rings. The second kappa shape index (κ2) is 4.67. The number of carbonyl (C=O) groups excluding carboxylic acids is 1. The molecule has 0 aliphatic heterocycles. The molecule has 3 nitrogen and oxygen atoms in total. The van der Waals surface area contributed by atoms with Crippen LogP contribution in [0.5, 0.6) is 5.75 Å². The molecule has 102 valence electrons. The summed E-state index contributed by atoms with van der Waals surface area (Å²) in [5.74, 6) is -0.547. The van der Waals surface area contributed by atoms with Crippen LogP contribution in [0.2, 0.25) is 0 Å². The molecule has 1 aliphatic rings. The van der Waals surface area contributed by atoms with Gasteiger partial charge in [0, 0.05) is 5.39 Å². The van der Waals surface area contributed by atoms with E-state index in [1.54, 1.807) is 12.1 Å². The highest BCUT2D eigenvalue weighted by molar-refractivity contribution is 6.25. The molecule has 0 fully saturated rings. The third-order valence-electron chi connectivity index (χ3n) is 3.82. The summed E-state index contributed by atoms with van der Waals surface area (Å²) in [5, 5.41) is 23.9. The van der Waals surface area contributed by atoms with Crippen LogP contribution >= 0.6 is 0 Å². The van der Waals surface area contributed by atoms with E-state index < -0.39 is 0 Å². The monoisotopic (exact) mass is 267 g/mol. The average molecular weight is 267 g/mol. The van der Waals surface area contributed by atoms with Crippen molar-refractivity contribution < 1.29 is 15.0 Å². The van der Waals surface area contributed by atoms with Crippen LogP contribution in [0.4, 0.5) is 0 Å². The number of hydrogen-bond acceptors (Lipinski definition) is 3. The van der Waals surface area contributed by atoms with Gasteiger partial charge in [0.15, 0.2) is 5.78 Å². The molecule has 1 aliphatic carbocycles. The van der Waals surface area contributed by atoms with Crippen LogP contribution in [-0.4, -0.2) is 10.9 Å². The van der Waals surface area contributed by atoms with E-state index >= 15 is 0 Å². The van der Waals surface area contributed by atoms with Crippen molar-refractivity contribution in [1.29, 1.82) is 0 Å². The van der Waals surface area contributed by atoms with E-state index in [0.717, 1.165) is 18.2 Å². The minimum atomic E-state index is -0.315. The largest absolute Gasteiger partial charge is 0.872 e. The molecule has 0 aromatic heterocycles. The SMILES string of the molecule is CCCCC1=C([O-])c2cccc3ccc(O)c(c23)C1=O. The Bertz CT molecular complexity index is 741. The van der Waals surface area contributed by atoms with E-state index in [2.05, 4.69) is 0 Å². The van der Waals surface area contributed by atoms with Gasteiger partial charge in [0.1, 0.15) is 5.75 Å². The maximum absolute atomic E-state index is 12.5. The number of ketones is 1. The molecular weight excluding hydrogens is 252 g/mol. The number of phenolic OH excluding ortho intramolecular Hbond substituents is 1. The van der Waals surface area contributed by atoms with Gasteiger partial charge in [-0.3, -0.25) is 4.79 Å². The molecule has 2 aromatic carbocycles. The number of rotatable bonds is 3. The Morgan fingerprint density at radius 2 is 2.00 bits per heavy atom. The molecular formula is C17H15O3-. The molecule has 0 radical (unpaired) electrons. The van der Waals surface area contributed by atoms with Crippen LogP contribution in [0.1, 0.15) is 42.1 Å². The molecule has 0 amide bonds. The lowest BCUT2D eigenvalue weighted by Crippen LogP contribution is -2.19. The predicted molar refractivity (Wildman–Crippen MR) is 76.4 cm³/mol. The Hall–Kier alpha value is -2.29. The summed E-state index contributed by atoms with van der Waals surface area (Å²) < 4.78 is 0. The molecule has 0 atom stereocenters. The summed E-state index contributed by atoms with van der Waals surface area (Å²) in [4.78, 5) is 12.5. The van der Waals surface area contributed by atoms with Crippen molar-refractivity contribution in [3.05, 3.63) is 47.0 Å². The second-order valence-electron chi connectivity index (χ2n) is 5.10. The van der Waals surface area contributed by atoms with Gasteiger partial charge in [0.25, 0.3) is 0 Å². The molecule has 1 N–H and O–H groups in total. The summed E-state index contributed by atoms with van der Waals surface area (Å²) in [6.07, 6.45) is 2.19. The lowest BCUT2D eigenvalue weighted by atomic mass is 9.84. The highest BCUT2D eigenvalue weighted by Crippen LogP contribution is 2.39. The Balaban J connectivity index is 2.32. The zero-order valence-electron chi connectivity index (χ0n) is 11.3. The molecule has 0 unspecified atom stereocenters. The highest BCUT2D eigenvalue weighted by atomic mass is 16.3. The number of allylic oxidation sites excluding steroid dienone is 1. The normalized spacial score (nSPS) is 14.2.